The molecule has 19 heavy (non-hydrogen) atoms. The number of carboxylic acid groups (broad SMARTS) is 1. The first-order valence-electron chi connectivity index (χ1n) is 7.28. The minimum absolute atomic E-state index is 0.114. The van der Waals surface area contributed by atoms with Gasteiger partial charge in [-0.05, 0) is 25.7 Å². The summed E-state index contributed by atoms with van der Waals surface area (Å²) in [6, 6.07) is 0.0795. The molecule has 1 aliphatic heterocycles. The fraction of sp³-hybridized carbons (Fsp3) is 0.857. The predicted octanol–water partition coefficient (Wildman–Crippen LogP) is 2.46. The van der Waals surface area contributed by atoms with E-state index in [0.717, 1.165) is 19.3 Å². The van der Waals surface area contributed by atoms with E-state index in [4.69, 9.17) is 0 Å². The number of nitrogens with one attached hydrogen (secondary N) is 1. The molecule has 2 N–H and O–H groups in total. The summed E-state index contributed by atoms with van der Waals surface area (Å²) in [7, 11) is 0. The van der Waals surface area contributed by atoms with Crippen LogP contribution in [0.15, 0.2) is 0 Å². The van der Waals surface area contributed by atoms with Crippen LogP contribution < -0.4 is 5.32 Å². The molecule has 110 valence electrons. The molecule has 0 aliphatic carbocycles. The molecular formula is C14H26N2O3. The van der Waals surface area contributed by atoms with Gasteiger partial charge in [0.1, 0.15) is 0 Å². The highest BCUT2D eigenvalue weighted by Crippen LogP contribution is 2.34. The second-order valence-corrected chi connectivity index (χ2v) is 5.45. The molecule has 1 saturated heterocycles. The number of carbonyl (C=O) groups is 2. The zero-order valence-corrected chi connectivity index (χ0v) is 12.2. The zero-order chi connectivity index (χ0) is 14.5. The highest BCUT2D eigenvalue weighted by molar-refractivity contribution is 5.79. The topological polar surface area (TPSA) is 69.6 Å². The summed E-state index contributed by atoms with van der Waals surface area (Å²) in [6.07, 6.45) is 4.03. The summed E-state index contributed by atoms with van der Waals surface area (Å²) in [5.74, 6) is -0.786. The fourth-order valence-electron chi connectivity index (χ4n) is 2.65. The first-order chi connectivity index (χ1) is 8.99. The number of amides is 2. The Morgan fingerprint density at radius 3 is 2.47 bits per heavy atom. The fourth-order valence-corrected chi connectivity index (χ4v) is 2.65. The third-order valence-corrected chi connectivity index (χ3v) is 4.23. The van der Waals surface area contributed by atoms with E-state index in [1.165, 1.54) is 0 Å². The lowest BCUT2D eigenvalue weighted by molar-refractivity contribution is -0.148. The first kappa shape index (κ1) is 15.8. The minimum atomic E-state index is -0.786. The summed E-state index contributed by atoms with van der Waals surface area (Å²) < 4.78 is 0. The van der Waals surface area contributed by atoms with Gasteiger partial charge in [0.05, 0.1) is 5.41 Å². The normalized spacial score (nSPS) is 24.3. The van der Waals surface area contributed by atoms with Gasteiger partial charge in [-0.15, -0.1) is 0 Å². The highest BCUT2D eigenvalue weighted by atomic mass is 16.4. The van der Waals surface area contributed by atoms with Crippen molar-refractivity contribution in [2.75, 3.05) is 13.1 Å². The van der Waals surface area contributed by atoms with Crippen LogP contribution >= 0.6 is 0 Å². The van der Waals surface area contributed by atoms with E-state index in [2.05, 4.69) is 19.2 Å². The van der Waals surface area contributed by atoms with E-state index >= 15 is 0 Å². The number of nitrogens with zero attached hydrogens (tertiary/aromatic N) is 1. The lowest BCUT2D eigenvalue weighted by Gasteiger charge is -2.25. The van der Waals surface area contributed by atoms with Gasteiger partial charge >= 0.3 is 12.0 Å². The molecule has 5 heteroatoms. The molecule has 0 spiro atoms. The summed E-state index contributed by atoms with van der Waals surface area (Å²) in [6.45, 7) is 6.89. The zero-order valence-electron chi connectivity index (χ0n) is 12.2. The van der Waals surface area contributed by atoms with Gasteiger partial charge in [0.15, 0.2) is 0 Å². The van der Waals surface area contributed by atoms with Crippen LogP contribution in [0.2, 0.25) is 0 Å². The van der Waals surface area contributed by atoms with Crippen LogP contribution in [0, 0.1) is 5.41 Å². The Labute approximate surface area is 115 Å². The van der Waals surface area contributed by atoms with Crippen LogP contribution in [0.1, 0.15) is 52.9 Å². The molecule has 1 fully saturated rings. The quantitative estimate of drug-likeness (QED) is 0.779. The van der Waals surface area contributed by atoms with E-state index in [0.29, 0.717) is 25.9 Å². The van der Waals surface area contributed by atoms with Crippen molar-refractivity contribution in [1.82, 2.24) is 10.2 Å². The molecular weight excluding hydrogens is 244 g/mol. The average molecular weight is 270 g/mol. The van der Waals surface area contributed by atoms with Crippen LogP contribution in [0.25, 0.3) is 0 Å². The van der Waals surface area contributed by atoms with Gasteiger partial charge in [-0.2, -0.15) is 0 Å². The Bertz CT molecular complexity index is 333. The Balaban J connectivity index is 2.58. The molecule has 2 amide bonds. The first-order valence-corrected chi connectivity index (χ1v) is 7.28. The van der Waals surface area contributed by atoms with Gasteiger partial charge < -0.3 is 15.3 Å². The van der Waals surface area contributed by atoms with Crippen molar-refractivity contribution in [1.29, 1.82) is 0 Å². The smallest absolute Gasteiger partial charge is 0.317 e. The van der Waals surface area contributed by atoms with E-state index in [-0.39, 0.29) is 12.1 Å². The molecule has 1 rings (SSSR count). The van der Waals surface area contributed by atoms with Crippen LogP contribution in [0.4, 0.5) is 4.79 Å². The molecule has 0 radical (unpaired) electrons. The Hall–Kier alpha value is -1.26. The summed E-state index contributed by atoms with van der Waals surface area (Å²) >= 11 is 0. The number of carboxylic acids is 1. The Morgan fingerprint density at radius 1 is 1.37 bits per heavy atom. The maximum absolute atomic E-state index is 12.1. The van der Waals surface area contributed by atoms with Crippen molar-refractivity contribution in [3.8, 4) is 0 Å². The van der Waals surface area contributed by atoms with Crippen molar-refractivity contribution in [3.05, 3.63) is 0 Å². The van der Waals surface area contributed by atoms with Crippen LogP contribution in [-0.2, 0) is 4.79 Å². The predicted molar refractivity (Wildman–Crippen MR) is 74.1 cm³/mol. The molecule has 5 nitrogen and oxygen atoms in total. The number of hydrogen-bond acceptors (Lipinski definition) is 2. The second kappa shape index (κ2) is 6.78. The van der Waals surface area contributed by atoms with Crippen LogP contribution in [0.3, 0.4) is 0 Å². The largest absolute Gasteiger partial charge is 0.481 e. The minimum Gasteiger partial charge on any atom is -0.481 e. The maximum atomic E-state index is 12.1. The lowest BCUT2D eigenvalue weighted by atomic mass is 9.84. The van der Waals surface area contributed by atoms with Crippen molar-refractivity contribution >= 4 is 12.0 Å². The number of urea groups is 1. The number of carbonyl (C=O) groups excluding carboxylic acids is 1. The molecule has 0 aromatic rings. The monoisotopic (exact) mass is 270 g/mol. The van der Waals surface area contributed by atoms with Gasteiger partial charge in [-0.3, -0.25) is 4.79 Å². The van der Waals surface area contributed by atoms with E-state index in [1.54, 1.807) is 4.90 Å². The van der Waals surface area contributed by atoms with Crippen molar-refractivity contribution in [2.24, 2.45) is 5.41 Å². The number of hydrogen-bond donors (Lipinski definition) is 2. The molecule has 0 aromatic carbocycles. The number of likely N-dealkylation sites (tertiary alicyclic amines) is 1. The van der Waals surface area contributed by atoms with E-state index < -0.39 is 11.4 Å². The van der Waals surface area contributed by atoms with Gasteiger partial charge in [-0.25, -0.2) is 4.79 Å². The number of aliphatic carboxylic acids is 1. The Kier molecular flexibility index (Phi) is 5.63. The van der Waals surface area contributed by atoms with Gasteiger partial charge in [-0.1, -0.05) is 27.2 Å². The molecule has 1 aliphatic rings. The maximum Gasteiger partial charge on any atom is 0.317 e. The Morgan fingerprint density at radius 2 is 2.05 bits per heavy atom. The molecule has 2 atom stereocenters. The van der Waals surface area contributed by atoms with Crippen molar-refractivity contribution in [2.45, 2.75) is 58.9 Å². The van der Waals surface area contributed by atoms with Crippen LogP contribution in [-0.4, -0.2) is 41.1 Å². The SMILES string of the molecule is CCCC(CC)NC(=O)N1CCC(CC)(C(=O)O)C1. The summed E-state index contributed by atoms with van der Waals surface area (Å²) in [5.41, 5.74) is -0.746. The highest BCUT2D eigenvalue weighted by Gasteiger charge is 2.44. The van der Waals surface area contributed by atoms with E-state index in [9.17, 15) is 14.7 Å². The average Bonchev–Trinajstić information content (AvgIpc) is 2.84. The third-order valence-electron chi connectivity index (χ3n) is 4.23. The van der Waals surface area contributed by atoms with Gasteiger partial charge in [0.2, 0.25) is 0 Å². The van der Waals surface area contributed by atoms with Gasteiger partial charge in [0, 0.05) is 19.1 Å². The van der Waals surface area contributed by atoms with Crippen molar-refractivity contribution in [3.63, 3.8) is 0 Å². The molecule has 1 heterocycles. The molecule has 0 aromatic heterocycles. The standard InChI is InChI=1S/C14H26N2O3/c1-4-7-11(5-2)15-13(19)16-9-8-14(6-3,10-16)12(17)18/h11H,4-10H2,1-3H3,(H,15,19)(H,17,18). The van der Waals surface area contributed by atoms with Crippen LogP contribution in [0.5, 0.6) is 0 Å². The summed E-state index contributed by atoms with van der Waals surface area (Å²) in [4.78, 5) is 25.1. The lowest BCUT2D eigenvalue weighted by Crippen LogP contribution is -2.45. The van der Waals surface area contributed by atoms with Gasteiger partial charge in [0.25, 0.3) is 0 Å². The van der Waals surface area contributed by atoms with Crippen molar-refractivity contribution < 1.29 is 14.7 Å². The molecule has 2 unspecified atom stereocenters. The molecule has 0 bridgehead atoms. The molecule has 0 saturated carbocycles. The van der Waals surface area contributed by atoms with E-state index in [1.807, 2.05) is 6.92 Å². The third kappa shape index (κ3) is 3.61. The second-order valence-electron chi connectivity index (χ2n) is 5.45. The number of rotatable bonds is 6. The summed E-state index contributed by atoms with van der Waals surface area (Å²) in [5, 5.41) is 12.3.